The molecule has 0 aromatic heterocycles. The molecule has 116 valence electrons. The minimum absolute atomic E-state index is 0.0373. The lowest BCUT2D eigenvalue weighted by Gasteiger charge is -2.37. The monoisotopic (exact) mass is 297 g/mol. The lowest BCUT2D eigenvalue weighted by atomic mass is 10.1. The Balaban J connectivity index is 1.79. The first-order valence-electron chi connectivity index (χ1n) is 6.78. The highest BCUT2D eigenvalue weighted by Gasteiger charge is 2.43. The number of halogens is 4. The molecule has 0 bridgehead atoms. The lowest BCUT2D eigenvalue weighted by molar-refractivity contribution is -0.149. The van der Waals surface area contributed by atoms with Gasteiger partial charge in [0.2, 0.25) is 5.91 Å². The fourth-order valence-corrected chi connectivity index (χ4v) is 2.62. The van der Waals surface area contributed by atoms with Gasteiger partial charge < -0.3 is 10.2 Å². The van der Waals surface area contributed by atoms with Gasteiger partial charge in [-0.15, -0.1) is 0 Å². The molecule has 0 saturated carbocycles. The van der Waals surface area contributed by atoms with Crippen LogP contribution in [0.25, 0.3) is 0 Å². The second-order valence-electron chi connectivity index (χ2n) is 5.35. The van der Waals surface area contributed by atoms with Crippen LogP contribution in [0.1, 0.15) is 6.42 Å². The van der Waals surface area contributed by atoms with E-state index in [2.05, 4.69) is 5.32 Å². The predicted molar refractivity (Wildman–Crippen MR) is 64.9 cm³/mol. The summed E-state index contributed by atoms with van der Waals surface area (Å²) in [5, 5.41) is 3.10. The Morgan fingerprint density at radius 2 is 1.90 bits per heavy atom. The average Bonchev–Trinajstić information content (AvgIpc) is 2.92. The first-order chi connectivity index (χ1) is 9.40. The molecule has 2 rings (SSSR count). The van der Waals surface area contributed by atoms with Gasteiger partial charge in [0.25, 0.3) is 0 Å². The van der Waals surface area contributed by atoms with E-state index in [1.165, 1.54) is 4.90 Å². The maximum Gasteiger partial charge on any atom is 0.319 e. The fourth-order valence-electron chi connectivity index (χ4n) is 2.62. The van der Waals surface area contributed by atoms with Crippen molar-refractivity contribution in [3.05, 3.63) is 0 Å². The number of hydrogen-bond donors (Lipinski definition) is 1. The van der Waals surface area contributed by atoms with Crippen LogP contribution in [0.3, 0.4) is 0 Å². The zero-order valence-electron chi connectivity index (χ0n) is 11.1. The Labute approximate surface area is 115 Å². The number of carbonyl (C=O) groups excluding carboxylic acids is 1. The van der Waals surface area contributed by atoms with E-state index in [0.717, 1.165) is 13.0 Å². The summed E-state index contributed by atoms with van der Waals surface area (Å²) in [4.78, 5) is 15.0. The predicted octanol–water partition coefficient (Wildman–Crippen LogP) is 0.640. The van der Waals surface area contributed by atoms with Crippen LogP contribution in [0.15, 0.2) is 0 Å². The molecule has 0 radical (unpaired) electrons. The van der Waals surface area contributed by atoms with Gasteiger partial charge in [0.1, 0.15) is 0 Å². The molecule has 0 aliphatic carbocycles. The van der Waals surface area contributed by atoms with Gasteiger partial charge in [0, 0.05) is 32.7 Å². The van der Waals surface area contributed by atoms with Crippen LogP contribution in [0, 0.1) is 5.92 Å². The van der Waals surface area contributed by atoms with Crippen LogP contribution in [-0.2, 0) is 4.79 Å². The van der Waals surface area contributed by atoms with Crippen molar-refractivity contribution < 1.29 is 22.4 Å². The summed E-state index contributed by atoms with van der Waals surface area (Å²) in [7, 11) is 0. The molecule has 8 heteroatoms. The van der Waals surface area contributed by atoms with Crippen LogP contribution in [-0.4, -0.2) is 73.9 Å². The molecule has 1 N–H and O–H groups in total. The number of piperazine rings is 1. The molecule has 0 aromatic carbocycles. The second kappa shape index (κ2) is 6.26. The van der Waals surface area contributed by atoms with Gasteiger partial charge in [0.15, 0.2) is 0 Å². The maximum atomic E-state index is 13.0. The van der Waals surface area contributed by atoms with Crippen LogP contribution >= 0.6 is 0 Å². The zero-order chi connectivity index (χ0) is 14.8. The summed E-state index contributed by atoms with van der Waals surface area (Å²) in [6, 6.07) is 0. The number of nitrogens with one attached hydrogen (secondary N) is 1. The zero-order valence-corrected chi connectivity index (χ0v) is 11.1. The van der Waals surface area contributed by atoms with E-state index in [1.807, 2.05) is 0 Å². The molecule has 1 amide bonds. The number of hydrogen-bond acceptors (Lipinski definition) is 3. The van der Waals surface area contributed by atoms with Crippen molar-refractivity contribution in [2.75, 3.05) is 45.8 Å². The van der Waals surface area contributed by atoms with Crippen molar-refractivity contribution >= 4 is 5.91 Å². The van der Waals surface area contributed by atoms with E-state index >= 15 is 0 Å². The molecule has 4 nitrogen and oxygen atoms in total. The topological polar surface area (TPSA) is 35.6 Å². The molecular weight excluding hydrogens is 278 g/mol. The first-order valence-corrected chi connectivity index (χ1v) is 6.78. The Morgan fingerprint density at radius 3 is 2.40 bits per heavy atom. The summed E-state index contributed by atoms with van der Waals surface area (Å²) in [5.41, 5.74) is 0. The lowest BCUT2D eigenvalue weighted by Crippen LogP contribution is -2.53. The van der Waals surface area contributed by atoms with Gasteiger partial charge in [-0.2, -0.15) is 8.78 Å². The third-order valence-corrected chi connectivity index (χ3v) is 3.85. The Kier molecular flexibility index (Phi) is 4.85. The van der Waals surface area contributed by atoms with Crippen molar-refractivity contribution in [3.63, 3.8) is 0 Å². The number of carbonyl (C=O) groups is 1. The highest BCUT2D eigenvalue weighted by molar-refractivity contribution is 5.79. The summed E-state index contributed by atoms with van der Waals surface area (Å²) < 4.78 is 50.2. The quantitative estimate of drug-likeness (QED) is 0.774. The van der Waals surface area contributed by atoms with Crippen molar-refractivity contribution in [2.45, 2.75) is 18.8 Å². The van der Waals surface area contributed by atoms with Gasteiger partial charge >= 0.3 is 12.3 Å². The largest absolute Gasteiger partial charge is 0.340 e. The normalized spacial score (nSPS) is 25.4. The summed E-state index contributed by atoms with van der Waals surface area (Å²) in [6.45, 7) is 1.61. The number of rotatable bonds is 4. The van der Waals surface area contributed by atoms with E-state index in [0.29, 0.717) is 19.6 Å². The minimum atomic E-state index is -3.98. The van der Waals surface area contributed by atoms with Gasteiger partial charge in [-0.1, -0.05) is 0 Å². The summed E-state index contributed by atoms with van der Waals surface area (Å²) >= 11 is 0. The molecule has 2 saturated heterocycles. The van der Waals surface area contributed by atoms with E-state index in [-0.39, 0.29) is 24.9 Å². The van der Waals surface area contributed by atoms with Crippen molar-refractivity contribution in [2.24, 2.45) is 5.92 Å². The minimum Gasteiger partial charge on any atom is -0.340 e. The smallest absolute Gasteiger partial charge is 0.319 e. The molecule has 1 atom stereocenters. The molecule has 2 fully saturated rings. The third kappa shape index (κ3) is 3.60. The average molecular weight is 297 g/mol. The fraction of sp³-hybridized carbons (Fsp3) is 0.917. The first kappa shape index (κ1) is 15.5. The van der Waals surface area contributed by atoms with Gasteiger partial charge in [-0.25, -0.2) is 8.78 Å². The van der Waals surface area contributed by atoms with E-state index in [4.69, 9.17) is 0 Å². The van der Waals surface area contributed by atoms with E-state index in [9.17, 15) is 22.4 Å². The third-order valence-electron chi connectivity index (χ3n) is 3.85. The van der Waals surface area contributed by atoms with Crippen LogP contribution in [0.5, 0.6) is 0 Å². The van der Waals surface area contributed by atoms with Crippen molar-refractivity contribution in [3.8, 4) is 0 Å². The number of amides is 1. The SMILES string of the molecule is O=C(C1CCNC1)N1CCN(CC(F)(F)C(F)F)CC1. The van der Waals surface area contributed by atoms with Crippen LogP contribution < -0.4 is 5.32 Å². The van der Waals surface area contributed by atoms with Gasteiger partial charge in [0.05, 0.1) is 12.5 Å². The standard InChI is InChI=1S/C12H19F4N3O/c13-11(14)12(15,16)8-18-3-5-19(6-4-18)10(20)9-1-2-17-7-9/h9,11,17H,1-8H2. The number of alkyl halides is 4. The molecule has 2 aliphatic heterocycles. The molecule has 1 unspecified atom stereocenters. The van der Waals surface area contributed by atoms with E-state index in [1.54, 1.807) is 4.90 Å². The maximum absolute atomic E-state index is 13.0. The van der Waals surface area contributed by atoms with Gasteiger partial charge in [-0.3, -0.25) is 9.69 Å². The Hall–Kier alpha value is -0.890. The van der Waals surface area contributed by atoms with E-state index < -0.39 is 18.9 Å². The van der Waals surface area contributed by atoms with Crippen molar-refractivity contribution in [1.82, 2.24) is 15.1 Å². The highest BCUT2D eigenvalue weighted by atomic mass is 19.3. The Morgan fingerprint density at radius 1 is 1.25 bits per heavy atom. The summed E-state index contributed by atoms with van der Waals surface area (Å²) in [5.74, 6) is -3.99. The Bertz CT molecular complexity index is 340. The molecule has 2 aliphatic rings. The number of nitrogens with zero attached hydrogens (tertiary/aromatic N) is 2. The van der Waals surface area contributed by atoms with Crippen LogP contribution in [0.4, 0.5) is 17.6 Å². The van der Waals surface area contributed by atoms with Crippen LogP contribution in [0.2, 0.25) is 0 Å². The molecule has 20 heavy (non-hydrogen) atoms. The molecule has 0 aromatic rings. The highest BCUT2D eigenvalue weighted by Crippen LogP contribution is 2.24. The molecular formula is C12H19F4N3O. The van der Waals surface area contributed by atoms with Gasteiger partial charge in [-0.05, 0) is 13.0 Å². The van der Waals surface area contributed by atoms with Crippen molar-refractivity contribution in [1.29, 1.82) is 0 Å². The summed E-state index contributed by atoms with van der Waals surface area (Å²) in [6.07, 6.45) is -2.85. The molecule has 0 spiro atoms. The molecule has 2 heterocycles. The second-order valence-corrected chi connectivity index (χ2v) is 5.35.